The molecule has 2 aliphatic rings. The maximum absolute atomic E-state index is 12.6. The highest BCUT2D eigenvalue weighted by atomic mass is 32.2. The van der Waals surface area contributed by atoms with Crippen molar-refractivity contribution in [2.75, 3.05) is 26.2 Å². The first-order valence-electron chi connectivity index (χ1n) is 7.66. The normalized spacial score (nSPS) is 23.6. The van der Waals surface area contributed by atoms with Gasteiger partial charge in [0, 0.05) is 37.2 Å². The predicted molar refractivity (Wildman–Crippen MR) is 84.6 cm³/mol. The van der Waals surface area contributed by atoms with Crippen molar-refractivity contribution in [1.29, 1.82) is 0 Å². The number of thiophene rings is 1. The Morgan fingerprint density at radius 3 is 2.76 bits per heavy atom. The number of halogens is 3. The molecule has 0 bridgehead atoms. The van der Waals surface area contributed by atoms with Crippen molar-refractivity contribution in [3.05, 3.63) is 22.4 Å². The number of ether oxygens (including phenoxy) is 1. The van der Waals surface area contributed by atoms with E-state index in [0.29, 0.717) is 35.9 Å². The summed E-state index contributed by atoms with van der Waals surface area (Å²) in [6.45, 7) is 0.148. The summed E-state index contributed by atoms with van der Waals surface area (Å²) in [6, 6.07) is 1.70. The van der Waals surface area contributed by atoms with Crippen molar-refractivity contribution in [2.45, 2.75) is 24.0 Å². The number of hydrogen-bond acceptors (Lipinski definition) is 5. The monoisotopic (exact) mass is 398 g/mol. The minimum absolute atomic E-state index is 0.0880. The fraction of sp³-hybridized carbons (Fsp3) is 0.643. The first kappa shape index (κ1) is 18.6. The van der Waals surface area contributed by atoms with E-state index in [1.165, 1.54) is 11.3 Å². The van der Waals surface area contributed by atoms with Gasteiger partial charge in [-0.05, 0) is 30.2 Å². The van der Waals surface area contributed by atoms with E-state index < -0.39 is 21.1 Å². The van der Waals surface area contributed by atoms with Crippen LogP contribution in [0.1, 0.15) is 23.2 Å². The van der Waals surface area contributed by atoms with E-state index in [1.54, 1.807) is 16.8 Å². The van der Waals surface area contributed by atoms with Gasteiger partial charge in [-0.2, -0.15) is 28.8 Å². The molecule has 0 radical (unpaired) electrons. The van der Waals surface area contributed by atoms with Crippen LogP contribution in [-0.2, 0) is 14.8 Å². The molecule has 25 heavy (non-hydrogen) atoms. The third-order valence-corrected chi connectivity index (χ3v) is 6.89. The molecule has 2 fully saturated rings. The summed E-state index contributed by atoms with van der Waals surface area (Å²) in [6.07, 6.45) is 1.16. The van der Waals surface area contributed by atoms with Crippen molar-refractivity contribution < 1.29 is 31.1 Å². The van der Waals surface area contributed by atoms with Gasteiger partial charge in [0.05, 0.1) is 5.60 Å². The second kappa shape index (κ2) is 6.53. The molecule has 1 amide bonds. The molecule has 1 atom stereocenters. The van der Waals surface area contributed by atoms with E-state index in [-0.39, 0.29) is 24.9 Å². The first-order chi connectivity index (χ1) is 11.7. The zero-order chi connectivity index (χ0) is 18.3. The lowest BCUT2D eigenvalue weighted by atomic mass is 9.80. The highest BCUT2D eigenvalue weighted by Gasteiger charge is 2.61. The van der Waals surface area contributed by atoms with Crippen LogP contribution >= 0.6 is 11.3 Å². The van der Waals surface area contributed by atoms with Crippen molar-refractivity contribution in [3.63, 3.8) is 0 Å². The van der Waals surface area contributed by atoms with Gasteiger partial charge in [0.2, 0.25) is 0 Å². The van der Waals surface area contributed by atoms with Crippen molar-refractivity contribution in [2.24, 2.45) is 5.92 Å². The zero-order valence-electron chi connectivity index (χ0n) is 13.1. The highest BCUT2D eigenvalue weighted by molar-refractivity contribution is 7.90. The molecular weight excluding hydrogens is 381 g/mol. The van der Waals surface area contributed by atoms with Crippen LogP contribution in [0, 0.1) is 5.92 Å². The molecule has 3 heterocycles. The molecule has 0 aromatic carbocycles. The zero-order valence-corrected chi connectivity index (χ0v) is 14.7. The van der Waals surface area contributed by atoms with E-state index in [9.17, 15) is 26.4 Å². The average Bonchev–Trinajstić information content (AvgIpc) is 3.13. The molecule has 3 rings (SSSR count). The van der Waals surface area contributed by atoms with Crippen LogP contribution in [0.25, 0.3) is 0 Å². The van der Waals surface area contributed by atoms with E-state index in [2.05, 4.69) is 5.32 Å². The van der Waals surface area contributed by atoms with Crippen LogP contribution in [0.4, 0.5) is 13.2 Å². The van der Waals surface area contributed by atoms with Crippen LogP contribution in [0.3, 0.4) is 0 Å². The lowest BCUT2D eigenvalue weighted by Crippen LogP contribution is -2.67. The number of carbonyl (C=O) groups excluding carboxylic acids is 1. The molecule has 1 aromatic rings. The number of amides is 1. The van der Waals surface area contributed by atoms with Gasteiger partial charge in [0.15, 0.2) is 0 Å². The molecule has 1 aromatic heterocycles. The predicted octanol–water partition coefficient (Wildman–Crippen LogP) is 1.81. The Labute approximate surface area is 147 Å². The highest BCUT2D eigenvalue weighted by Crippen LogP contribution is 2.44. The topological polar surface area (TPSA) is 75.7 Å². The quantitative estimate of drug-likeness (QED) is 0.821. The maximum Gasteiger partial charge on any atom is 0.511 e. The molecule has 0 unspecified atom stereocenters. The Bertz CT molecular complexity index is 728. The Kier molecular flexibility index (Phi) is 4.86. The van der Waals surface area contributed by atoms with Crippen LogP contribution in [0.2, 0.25) is 0 Å². The summed E-state index contributed by atoms with van der Waals surface area (Å²) < 4.78 is 66.6. The summed E-state index contributed by atoms with van der Waals surface area (Å²) in [5.74, 6) is -0.293. The van der Waals surface area contributed by atoms with Crippen LogP contribution in [0.15, 0.2) is 16.8 Å². The number of alkyl halides is 3. The summed E-state index contributed by atoms with van der Waals surface area (Å²) >= 11 is 1.41. The average molecular weight is 398 g/mol. The second-order valence-corrected chi connectivity index (χ2v) is 8.88. The SMILES string of the molecule is O=C(NCC[C@@H]1CCOC12CN(S(=O)(=O)C(F)(F)F)C2)c1ccsc1. The summed E-state index contributed by atoms with van der Waals surface area (Å²) in [5.41, 5.74) is -5.60. The van der Waals surface area contributed by atoms with Crippen molar-refractivity contribution in [1.82, 2.24) is 9.62 Å². The van der Waals surface area contributed by atoms with Gasteiger partial charge < -0.3 is 10.1 Å². The summed E-state index contributed by atoms with van der Waals surface area (Å²) in [5, 5.41) is 6.28. The molecule has 1 spiro atoms. The van der Waals surface area contributed by atoms with Gasteiger partial charge in [-0.15, -0.1) is 0 Å². The molecule has 1 N–H and O–H groups in total. The molecule has 140 valence electrons. The van der Waals surface area contributed by atoms with Gasteiger partial charge in [-0.3, -0.25) is 4.79 Å². The lowest BCUT2D eigenvalue weighted by Gasteiger charge is -2.49. The van der Waals surface area contributed by atoms with Gasteiger partial charge in [-0.1, -0.05) is 0 Å². The molecule has 0 aliphatic carbocycles. The van der Waals surface area contributed by atoms with Crippen LogP contribution in [-0.4, -0.2) is 56.0 Å². The van der Waals surface area contributed by atoms with Gasteiger partial charge in [0.1, 0.15) is 0 Å². The lowest BCUT2D eigenvalue weighted by molar-refractivity contribution is -0.113. The van der Waals surface area contributed by atoms with E-state index in [4.69, 9.17) is 4.74 Å². The minimum Gasteiger partial charge on any atom is -0.372 e. The maximum atomic E-state index is 12.6. The van der Waals surface area contributed by atoms with E-state index in [0.717, 1.165) is 0 Å². The fourth-order valence-electron chi connectivity index (χ4n) is 3.26. The number of hydrogen-bond donors (Lipinski definition) is 1. The molecule has 11 heteroatoms. The second-order valence-electron chi connectivity index (χ2n) is 6.17. The third kappa shape index (κ3) is 3.42. The number of nitrogens with one attached hydrogen (secondary N) is 1. The Balaban J connectivity index is 1.53. The third-order valence-electron chi connectivity index (χ3n) is 4.68. The minimum atomic E-state index is -5.31. The van der Waals surface area contributed by atoms with E-state index >= 15 is 0 Å². The smallest absolute Gasteiger partial charge is 0.372 e. The number of sulfonamides is 1. The first-order valence-corrected chi connectivity index (χ1v) is 10.0. The molecule has 2 saturated heterocycles. The fourth-order valence-corrected chi connectivity index (χ4v) is 4.97. The Morgan fingerprint density at radius 1 is 1.44 bits per heavy atom. The summed E-state index contributed by atoms with van der Waals surface area (Å²) in [7, 11) is -5.31. The van der Waals surface area contributed by atoms with Gasteiger partial charge >= 0.3 is 15.5 Å². The van der Waals surface area contributed by atoms with Crippen molar-refractivity contribution >= 4 is 27.3 Å². The summed E-state index contributed by atoms with van der Waals surface area (Å²) in [4.78, 5) is 11.9. The molecule has 0 saturated carbocycles. The number of nitrogens with zero attached hydrogens (tertiary/aromatic N) is 1. The van der Waals surface area contributed by atoms with E-state index in [1.807, 2.05) is 0 Å². The standard InChI is InChI=1S/C14H17F3N2O4S2/c15-14(16,17)25(21,22)19-8-13(9-19)11(2-5-23-13)1-4-18-12(20)10-3-6-24-7-10/h3,6-7,11H,1-2,4-5,8-9H2,(H,18,20)/t11-/m1/s1. The van der Waals surface area contributed by atoms with Gasteiger partial charge in [0.25, 0.3) is 5.91 Å². The van der Waals surface area contributed by atoms with Crippen LogP contribution < -0.4 is 5.32 Å². The van der Waals surface area contributed by atoms with Crippen LogP contribution in [0.5, 0.6) is 0 Å². The molecule has 2 aliphatic heterocycles. The Hall–Kier alpha value is -1.17. The largest absolute Gasteiger partial charge is 0.511 e. The Morgan fingerprint density at radius 2 is 2.16 bits per heavy atom. The number of carbonyl (C=O) groups is 1. The molecular formula is C14H17F3N2O4S2. The molecule has 6 nitrogen and oxygen atoms in total. The number of rotatable bonds is 5. The van der Waals surface area contributed by atoms with Crippen molar-refractivity contribution in [3.8, 4) is 0 Å². The van der Waals surface area contributed by atoms with Gasteiger partial charge in [-0.25, -0.2) is 8.42 Å².